The fraction of sp³-hybridized carbons (Fsp3) is 0.278. The first-order chi connectivity index (χ1) is 11.4. The van der Waals surface area contributed by atoms with Crippen LogP contribution in [-0.2, 0) is 16.0 Å². The SMILES string of the molecule is CCC(C(N)=O)n1cc(C)cc(NC(=O)Cc2ccccc2)c1=O. The number of hydrogen-bond acceptors (Lipinski definition) is 3. The van der Waals surface area contributed by atoms with Crippen LogP contribution in [0.5, 0.6) is 0 Å². The topological polar surface area (TPSA) is 94.2 Å². The van der Waals surface area contributed by atoms with Crippen molar-refractivity contribution >= 4 is 17.5 Å². The summed E-state index contributed by atoms with van der Waals surface area (Å²) < 4.78 is 1.29. The lowest BCUT2D eigenvalue weighted by Crippen LogP contribution is -2.35. The third kappa shape index (κ3) is 4.10. The molecule has 0 saturated carbocycles. The molecule has 2 aromatic rings. The number of aromatic nitrogens is 1. The molecule has 1 aromatic heterocycles. The van der Waals surface area contributed by atoms with Gasteiger partial charge in [0.2, 0.25) is 11.8 Å². The van der Waals surface area contributed by atoms with E-state index in [2.05, 4.69) is 5.32 Å². The van der Waals surface area contributed by atoms with E-state index in [4.69, 9.17) is 5.73 Å². The lowest BCUT2D eigenvalue weighted by atomic mass is 10.1. The van der Waals surface area contributed by atoms with Gasteiger partial charge in [0.1, 0.15) is 11.7 Å². The van der Waals surface area contributed by atoms with Gasteiger partial charge in [0, 0.05) is 6.20 Å². The number of carbonyl (C=O) groups excluding carboxylic acids is 2. The Bertz CT molecular complexity index is 797. The van der Waals surface area contributed by atoms with Gasteiger partial charge < -0.3 is 15.6 Å². The molecular formula is C18H21N3O3. The zero-order chi connectivity index (χ0) is 17.7. The highest BCUT2D eigenvalue weighted by Gasteiger charge is 2.19. The van der Waals surface area contributed by atoms with Crippen LogP contribution in [0.2, 0.25) is 0 Å². The van der Waals surface area contributed by atoms with Crippen molar-refractivity contribution in [3.05, 3.63) is 64.1 Å². The summed E-state index contributed by atoms with van der Waals surface area (Å²) in [7, 11) is 0. The number of aryl methyl sites for hydroxylation is 1. The second-order valence-corrected chi connectivity index (χ2v) is 5.68. The van der Waals surface area contributed by atoms with Crippen LogP contribution in [0, 0.1) is 6.92 Å². The fourth-order valence-electron chi connectivity index (χ4n) is 2.58. The minimum Gasteiger partial charge on any atom is -0.368 e. The molecule has 3 N–H and O–H groups in total. The molecule has 0 aliphatic rings. The van der Waals surface area contributed by atoms with E-state index in [0.29, 0.717) is 6.42 Å². The quantitative estimate of drug-likeness (QED) is 0.846. The summed E-state index contributed by atoms with van der Waals surface area (Å²) in [6, 6.07) is 10.1. The summed E-state index contributed by atoms with van der Waals surface area (Å²) in [5.41, 5.74) is 6.68. The van der Waals surface area contributed by atoms with Gasteiger partial charge in [-0.15, -0.1) is 0 Å². The van der Waals surface area contributed by atoms with E-state index in [-0.39, 0.29) is 18.0 Å². The van der Waals surface area contributed by atoms with Crippen molar-refractivity contribution in [2.24, 2.45) is 5.73 Å². The number of primary amides is 1. The lowest BCUT2D eigenvalue weighted by molar-refractivity contribution is -0.121. The molecule has 0 bridgehead atoms. The number of amides is 2. The van der Waals surface area contributed by atoms with Crippen molar-refractivity contribution in [3.8, 4) is 0 Å². The highest BCUT2D eigenvalue weighted by molar-refractivity contribution is 5.92. The zero-order valence-electron chi connectivity index (χ0n) is 13.8. The highest BCUT2D eigenvalue weighted by atomic mass is 16.2. The van der Waals surface area contributed by atoms with Crippen molar-refractivity contribution in [1.29, 1.82) is 0 Å². The lowest BCUT2D eigenvalue weighted by Gasteiger charge is -2.17. The van der Waals surface area contributed by atoms with Crippen LogP contribution in [0.1, 0.15) is 30.5 Å². The maximum absolute atomic E-state index is 12.6. The number of anilines is 1. The number of nitrogens with two attached hydrogens (primary N) is 1. The monoisotopic (exact) mass is 327 g/mol. The number of rotatable bonds is 6. The predicted molar refractivity (Wildman–Crippen MR) is 92.7 cm³/mol. The molecule has 126 valence electrons. The van der Waals surface area contributed by atoms with Crippen LogP contribution in [0.15, 0.2) is 47.4 Å². The van der Waals surface area contributed by atoms with E-state index >= 15 is 0 Å². The van der Waals surface area contributed by atoms with Gasteiger partial charge in [-0.2, -0.15) is 0 Å². The van der Waals surface area contributed by atoms with Crippen LogP contribution in [0.3, 0.4) is 0 Å². The Morgan fingerprint density at radius 1 is 1.25 bits per heavy atom. The Labute approximate surface area is 140 Å². The normalized spacial score (nSPS) is 11.8. The first-order valence-corrected chi connectivity index (χ1v) is 7.78. The number of hydrogen-bond donors (Lipinski definition) is 2. The van der Waals surface area contributed by atoms with Crippen molar-refractivity contribution in [3.63, 3.8) is 0 Å². The summed E-state index contributed by atoms with van der Waals surface area (Å²) in [6.45, 7) is 3.56. The van der Waals surface area contributed by atoms with E-state index in [1.165, 1.54) is 4.57 Å². The molecule has 0 saturated heterocycles. The Morgan fingerprint density at radius 2 is 1.92 bits per heavy atom. The summed E-state index contributed by atoms with van der Waals surface area (Å²) >= 11 is 0. The van der Waals surface area contributed by atoms with Gasteiger partial charge >= 0.3 is 0 Å². The molecule has 6 nitrogen and oxygen atoms in total. The largest absolute Gasteiger partial charge is 0.368 e. The summed E-state index contributed by atoms with van der Waals surface area (Å²) in [5.74, 6) is -0.866. The Kier molecular flexibility index (Phi) is 5.52. The highest BCUT2D eigenvalue weighted by Crippen LogP contribution is 2.13. The maximum atomic E-state index is 12.6. The van der Waals surface area contributed by atoms with E-state index < -0.39 is 17.5 Å². The molecule has 0 fully saturated rings. The molecule has 0 aliphatic heterocycles. The Balaban J connectivity index is 2.27. The Hall–Kier alpha value is -2.89. The van der Waals surface area contributed by atoms with Crippen LogP contribution in [-0.4, -0.2) is 16.4 Å². The molecule has 1 heterocycles. The third-order valence-electron chi connectivity index (χ3n) is 3.71. The molecule has 2 amide bonds. The van der Waals surface area contributed by atoms with Gasteiger partial charge in [0.25, 0.3) is 5.56 Å². The molecule has 0 radical (unpaired) electrons. The molecule has 1 atom stereocenters. The van der Waals surface area contributed by atoms with Crippen molar-refractivity contribution in [1.82, 2.24) is 4.57 Å². The molecule has 24 heavy (non-hydrogen) atoms. The number of carbonyl (C=O) groups is 2. The minimum absolute atomic E-state index is 0.149. The van der Waals surface area contributed by atoms with E-state index in [0.717, 1.165) is 11.1 Å². The molecule has 0 aliphatic carbocycles. The van der Waals surface area contributed by atoms with E-state index in [1.54, 1.807) is 26.1 Å². The van der Waals surface area contributed by atoms with E-state index in [9.17, 15) is 14.4 Å². The predicted octanol–water partition coefficient (Wildman–Crippen LogP) is 1.77. The number of nitrogens with one attached hydrogen (secondary N) is 1. The smallest absolute Gasteiger partial charge is 0.275 e. The van der Waals surface area contributed by atoms with Crippen molar-refractivity contribution in [2.45, 2.75) is 32.7 Å². The average Bonchev–Trinajstić information content (AvgIpc) is 2.52. The van der Waals surface area contributed by atoms with Crippen molar-refractivity contribution < 1.29 is 9.59 Å². The van der Waals surface area contributed by atoms with Crippen LogP contribution in [0.4, 0.5) is 5.69 Å². The number of benzene rings is 1. The van der Waals surface area contributed by atoms with Gasteiger partial charge in [-0.05, 0) is 30.5 Å². The molecule has 2 rings (SSSR count). The van der Waals surface area contributed by atoms with Gasteiger partial charge in [0.05, 0.1) is 6.42 Å². The first kappa shape index (κ1) is 17.5. The van der Waals surface area contributed by atoms with Gasteiger partial charge in [-0.3, -0.25) is 14.4 Å². The summed E-state index contributed by atoms with van der Waals surface area (Å²) in [4.78, 5) is 36.3. The number of nitrogens with zero attached hydrogens (tertiary/aromatic N) is 1. The summed E-state index contributed by atoms with van der Waals surface area (Å²) in [6.07, 6.45) is 2.14. The van der Waals surface area contributed by atoms with Gasteiger partial charge in [0.15, 0.2) is 0 Å². The third-order valence-corrected chi connectivity index (χ3v) is 3.71. The fourth-order valence-corrected chi connectivity index (χ4v) is 2.58. The standard InChI is InChI=1S/C18H21N3O3/c1-3-15(17(19)23)21-11-12(2)9-14(18(21)24)20-16(22)10-13-7-5-4-6-8-13/h4-9,11,15H,3,10H2,1-2H3,(H2,19,23)(H,20,22). The first-order valence-electron chi connectivity index (χ1n) is 7.78. The minimum atomic E-state index is -0.734. The summed E-state index contributed by atoms with van der Waals surface area (Å²) in [5, 5.41) is 2.63. The molecule has 0 spiro atoms. The van der Waals surface area contributed by atoms with Crippen LogP contribution < -0.4 is 16.6 Å². The average molecular weight is 327 g/mol. The molecular weight excluding hydrogens is 306 g/mol. The van der Waals surface area contributed by atoms with Crippen molar-refractivity contribution in [2.75, 3.05) is 5.32 Å². The number of pyridine rings is 1. The molecule has 1 aromatic carbocycles. The second kappa shape index (κ2) is 7.59. The molecule has 1 unspecified atom stereocenters. The zero-order valence-corrected chi connectivity index (χ0v) is 13.8. The van der Waals surface area contributed by atoms with E-state index in [1.807, 2.05) is 30.3 Å². The molecule has 6 heteroatoms. The van der Waals surface area contributed by atoms with Crippen LogP contribution >= 0.6 is 0 Å². The van der Waals surface area contributed by atoms with Gasteiger partial charge in [-0.25, -0.2) is 0 Å². The Morgan fingerprint density at radius 3 is 2.50 bits per heavy atom. The van der Waals surface area contributed by atoms with Crippen LogP contribution in [0.25, 0.3) is 0 Å². The van der Waals surface area contributed by atoms with Gasteiger partial charge in [-0.1, -0.05) is 37.3 Å². The maximum Gasteiger partial charge on any atom is 0.275 e. The second-order valence-electron chi connectivity index (χ2n) is 5.68.